The molecule has 0 saturated carbocycles. The van der Waals surface area contributed by atoms with Crippen molar-refractivity contribution < 1.29 is 9.90 Å². The molecule has 2 aromatic rings. The first kappa shape index (κ1) is 11.0. The number of aromatic amines is 1. The maximum atomic E-state index is 10.8. The van der Waals surface area contributed by atoms with E-state index in [1.165, 1.54) is 11.3 Å². The first-order valence-corrected chi connectivity index (χ1v) is 5.87. The standard InChI is InChI=1S/C11H9NO2S2/c13-10(14)8-3-1-2-7(4-8)5-9-6-12-11(15)16-9/h1-4,6H,5H2,(H,12,15)(H,13,14). The molecule has 0 atom stereocenters. The summed E-state index contributed by atoms with van der Waals surface area (Å²) in [6.07, 6.45) is 2.57. The van der Waals surface area contributed by atoms with Gasteiger partial charge in [0.1, 0.15) is 0 Å². The molecule has 0 spiro atoms. The Kier molecular flexibility index (Phi) is 3.17. The molecule has 2 rings (SSSR count). The zero-order valence-corrected chi connectivity index (χ0v) is 9.90. The average Bonchev–Trinajstić information content (AvgIpc) is 2.64. The monoisotopic (exact) mass is 251 g/mol. The minimum Gasteiger partial charge on any atom is -0.478 e. The molecule has 2 N–H and O–H groups in total. The van der Waals surface area contributed by atoms with Gasteiger partial charge in [0, 0.05) is 17.5 Å². The van der Waals surface area contributed by atoms with Crippen LogP contribution >= 0.6 is 23.6 Å². The van der Waals surface area contributed by atoms with Crippen LogP contribution in [-0.4, -0.2) is 16.1 Å². The normalized spacial score (nSPS) is 10.2. The Morgan fingerprint density at radius 2 is 2.31 bits per heavy atom. The van der Waals surface area contributed by atoms with Gasteiger partial charge in [-0.15, -0.1) is 11.3 Å². The third kappa shape index (κ3) is 2.56. The summed E-state index contributed by atoms with van der Waals surface area (Å²) in [6.45, 7) is 0. The molecule has 5 heteroatoms. The molecule has 0 aliphatic heterocycles. The van der Waals surface area contributed by atoms with Gasteiger partial charge in [0.2, 0.25) is 0 Å². The molecule has 0 unspecified atom stereocenters. The van der Waals surface area contributed by atoms with Gasteiger partial charge in [-0.1, -0.05) is 12.1 Å². The van der Waals surface area contributed by atoms with Crippen molar-refractivity contribution in [2.75, 3.05) is 0 Å². The Labute approximate surface area is 101 Å². The van der Waals surface area contributed by atoms with Crippen molar-refractivity contribution in [3.05, 3.63) is 50.4 Å². The number of hydrogen-bond acceptors (Lipinski definition) is 3. The summed E-state index contributed by atoms with van der Waals surface area (Å²) in [5, 5.41) is 8.86. The number of nitrogens with one attached hydrogen (secondary N) is 1. The summed E-state index contributed by atoms with van der Waals surface area (Å²) >= 11 is 6.49. The molecule has 0 amide bonds. The van der Waals surface area contributed by atoms with Crippen molar-refractivity contribution in [3.8, 4) is 0 Å². The number of rotatable bonds is 3. The van der Waals surface area contributed by atoms with Crippen LogP contribution in [0.25, 0.3) is 0 Å². The molecular weight excluding hydrogens is 242 g/mol. The molecule has 0 saturated heterocycles. The smallest absolute Gasteiger partial charge is 0.335 e. The highest BCUT2D eigenvalue weighted by Gasteiger charge is 2.04. The second-order valence-electron chi connectivity index (χ2n) is 3.33. The largest absolute Gasteiger partial charge is 0.478 e. The SMILES string of the molecule is O=C(O)c1cccc(Cc2c[nH]c(=S)s2)c1. The van der Waals surface area contributed by atoms with E-state index in [1.54, 1.807) is 18.2 Å². The van der Waals surface area contributed by atoms with Crippen LogP contribution in [0, 0.1) is 3.95 Å². The van der Waals surface area contributed by atoms with Crippen molar-refractivity contribution in [1.82, 2.24) is 4.98 Å². The predicted octanol–water partition coefficient (Wildman–Crippen LogP) is 3.09. The van der Waals surface area contributed by atoms with Crippen molar-refractivity contribution in [2.24, 2.45) is 0 Å². The van der Waals surface area contributed by atoms with E-state index in [4.69, 9.17) is 17.3 Å². The number of H-pyrrole nitrogens is 1. The summed E-state index contributed by atoms with van der Waals surface area (Å²) in [7, 11) is 0. The molecule has 16 heavy (non-hydrogen) atoms. The van der Waals surface area contributed by atoms with Gasteiger partial charge >= 0.3 is 5.97 Å². The van der Waals surface area contributed by atoms with Crippen LogP contribution in [0.1, 0.15) is 20.8 Å². The fraction of sp³-hybridized carbons (Fsp3) is 0.0909. The van der Waals surface area contributed by atoms with Crippen molar-refractivity contribution >= 4 is 29.5 Å². The van der Waals surface area contributed by atoms with Gasteiger partial charge < -0.3 is 10.1 Å². The topological polar surface area (TPSA) is 53.1 Å². The van der Waals surface area contributed by atoms with E-state index in [-0.39, 0.29) is 0 Å². The van der Waals surface area contributed by atoms with Crippen molar-refractivity contribution in [1.29, 1.82) is 0 Å². The highest BCUT2D eigenvalue weighted by molar-refractivity contribution is 7.73. The number of benzene rings is 1. The number of aromatic nitrogens is 1. The lowest BCUT2D eigenvalue weighted by molar-refractivity contribution is 0.0697. The van der Waals surface area contributed by atoms with E-state index in [9.17, 15) is 4.79 Å². The minimum absolute atomic E-state index is 0.316. The predicted molar refractivity (Wildman–Crippen MR) is 65.7 cm³/mol. The van der Waals surface area contributed by atoms with Crippen LogP contribution in [0.15, 0.2) is 30.5 Å². The molecular formula is C11H9NO2S2. The van der Waals surface area contributed by atoms with Gasteiger partial charge in [-0.2, -0.15) is 0 Å². The number of carboxylic acid groups (broad SMARTS) is 1. The summed E-state index contributed by atoms with van der Waals surface area (Å²) in [6, 6.07) is 6.94. The van der Waals surface area contributed by atoms with Crippen LogP contribution in [0.5, 0.6) is 0 Å². The lowest BCUT2D eigenvalue weighted by Crippen LogP contribution is -1.97. The Morgan fingerprint density at radius 3 is 2.94 bits per heavy atom. The quantitative estimate of drug-likeness (QED) is 0.824. The summed E-state index contributed by atoms with van der Waals surface area (Å²) in [5.41, 5.74) is 1.29. The van der Waals surface area contributed by atoms with E-state index in [2.05, 4.69) is 4.98 Å². The third-order valence-electron chi connectivity index (χ3n) is 2.13. The number of carbonyl (C=O) groups is 1. The molecule has 1 aromatic heterocycles. The van der Waals surface area contributed by atoms with Crippen LogP contribution in [0.4, 0.5) is 0 Å². The molecule has 0 bridgehead atoms. The minimum atomic E-state index is -0.899. The Bertz CT molecular complexity index is 571. The number of carboxylic acids is 1. The average molecular weight is 251 g/mol. The highest BCUT2D eigenvalue weighted by atomic mass is 32.1. The van der Waals surface area contributed by atoms with Gasteiger partial charge in [-0.25, -0.2) is 4.79 Å². The zero-order chi connectivity index (χ0) is 11.5. The fourth-order valence-corrected chi connectivity index (χ4v) is 2.51. The summed E-state index contributed by atoms with van der Waals surface area (Å²) < 4.78 is 0.740. The van der Waals surface area contributed by atoms with Gasteiger partial charge in [-0.05, 0) is 29.9 Å². The molecule has 1 aromatic carbocycles. The van der Waals surface area contributed by atoms with E-state index in [0.717, 1.165) is 14.4 Å². The van der Waals surface area contributed by atoms with Crippen molar-refractivity contribution in [2.45, 2.75) is 6.42 Å². The maximum Gasteiger partial charge on any atom is 0.335 e. The molecule has 0 fully saturated rings. The van der Waals surface area contributed by atoms with Gasteiger partial charge in [0.25, 0.3) is 0 Å². The van der Waals surface area contributed by atoms with Crippen molar-refractivity contribution in [3.63, 3.8) is 0 Å². The van der Waals surface area contributed by atoms with Crippen LogP contribution in [0.2, 0.25) is 0 Å². The fourth-order valence-electron chi connectivity index (χ4n) is 1.42. The Hall–Kier alpha value is -1.46. The second kappa shape index (κ2) is 4.59. The first-order valence-electron chi connectivity index (χ1n) is 4.65. The molecule has 3 nitrogen and oxygen atoms in total. The number of hydrogen-bond donors (Lipinski definition) is 2. The van der Waals surface area contributed by atoms with Gasteiger partial charge in [0.15, 0.2) is 3.95 Å². The third-order valence-corrected chi connectivity index (χ3v) is 3.32. The zero-order valence-electron chi connectivity index (χ0n) is 8.27. The molecule has 1 heterocycles. The molecule has 0 radical (unpaired) electrons. The van der Waals surface area contributed by atoms with Crippen LogP contribution < -0.4 is 0 Å². The van der Waals surface area contributed by atoms with Gasteiger partial charge in [0.05, 0.1) is 5.56 Å². The van der Waals surface area contributed by atoms with E-state index in [0.29, 0.717) is 12.0 Å². The highest BCUT2D eigenvalue weighted by Crippen LogP contribution is 2.15. The Balaban J connectivity index is 2.25. The second-order valence-corrected chi connectivity index (χ2v) is 5.13. The number of thiazole rings is 1. The molecule has 82 valence electrons. The molecule has 0 aliphatic carbocycles. The Morgan fingerprint density at radius 1 is 1.50 bits per heavy atom. The summed E-state index contributed by atoms with van der Waals surface area (Å²) in [5.74, 6) is -0.899. The lowest BCUT2D eigenvalue weighted by Gasteiger charge is -2.00. The first-order chi connectivity index (χ1) is 7.65. The maximum absolute atomic E-state index is 10.8. The molecule has 0 aliphatic rings. The lowest BCUT2D eigenvalue weighted by atomic mass is 10.1. The van der Waals surface area contributed by atoms with Gasteiger partial charge in [-0.3, -0.25) is 0 Å². The van der Waals surface area contributed by atoms with E-state index in [1.807, 2.05) is 12.3 Å². The summed E-state index contributed by atoms with van der Waals surface area (Å²) in [4.78, 5) is 14.8. The number of aromatic carboxylic acids is 1. The van der Waals surface area contributed by atoms with E-state index < -0.39 is 5.97 Å². The van der Waals surface area contributed by atoms with Crippen LogP contribution in [0.3, 0.4) is 0 Å². The van der Waals surface area contributed by atoms with E-state index >= 15 is 0 Å². The van der Waals surface area contributed by atoms with Crippen LogP contribution in [-0.2, 0) is 6.42 Å².